The van der Waals surface area contributed by atoms with Crippen LogP contribution >= 0.6 is 11.8 Å². The van der Waals surface area contributed by atoms with E-state index in [1.807, 2.05) is 18.2 Å². The molecule has 3 N–H and O–H groups in total. The molecule has 0 saturated carbocycles. The minimum absolute atomic E-state index is 0.239. The summed E-state index contributed by atoms with van der Waals surface area (Å²) in [5.41, 5.74) is 8.18. The fourth-order valence-electron chi connectivity index (χ4n) is 1.67. The molecule has 5 heteroatoms. The summed E-state index contributed by atoms with van der Waals surface area (Å²) in [4.78, 5) is 8.54. The lowest BCUT2D eigenvalue weighted by Gasteiger charge is -1.96. The van der Waals surface area contributed by atoms with Crippen LogP contribution in [0.1, 0.15) is 0 Å². The Balaban J connectivity index is 1.92. The first kappa shape index (κ1) is 11.1. The molecule has 0 spiro atoms. The Morgan fingerprint density at radius 1 is 1.11 bits per heavy atom. The van der Waals surface area contributed by atoms with Gasteiger partial charge in [-0.15, -0.1) is 0 Å². The summed E-state index contributed by atoms with van der Waals surface area (Å²) in [5, 5.41) is 0.766. The maximum atomic E-state index is 12.8. The molecule has 0 aliphatic rings. The molecule has 3 aromatic rings. The molecule has 3 nitrogen and oxygen atoms in total. The number of anilines is 1. The highest BCUT2D eigenvalue weighted by Gasteiger charge is 2.05. The number of nitrogen functional groups attached to an aromatic ring is 1. The second kappa shape index (κ2) is 4.34. The summed E-state index contributed by atoms with van der Waals surface area (Å²) >= 11 is 1.45. The van der Waals surface area contributed by atoms with Crippen LogP contribution in [0.3, 0.4) is 0 Å². The summed E-state index contributed by atoms with van der Waals surface area (Å²) in [6.45, 7) is 0. The molecule has 1 heterocycles. The van der Waals surface area contributed by atoms with Gasteiger partial charge in [0.05, 0.1) is 11.0 Å². The summed E-state index contributed by atoms with van der Waals surface area (Å²) in [5.74, 6) is -0.239. The van der Waals surface area contributed by atoms with Crippen LogP contribution < -0.4 is 5.73 Å². The first-order chi connectivity index (χ1) is 8.70. The molecule has 3 rings (SSSR count). The van der Waals surface area contributed by atoms with Crippen LogP contribution in [0.4, 0.5) is 10.1 Å². The standard InChI is InChI=1S/C13H10FN3S/c14-8-1-4-10(5-2-8)18-13-16-11-6-3-9(15)7-12(11)17-13/h1-7H,15H2,(H,16,17). The monoisotopic (exact) mass is 259 g/mol. The predicted octanol–water partition coefficient (Wildman–Crippen LogP) is 3.44. The lowest BCUT2D eigenvalue weighted by atomic mass is 10.3. The van der Waals surface area contributed by atoms with Crippen LogP contribution in [0, 0.1) is 5.82 Å². The molecule has 0 amide bonds. The smallest absolute Gasteiger partial charge is 0.171 e. The summed E-state index contributed by atoms with van der Waals surface area (Å²) < 4.78 is 12.8. The van der Waals surface area contributed by atoms with Crippen molar-refractivity contribution in [2.24, 2.45) is 0 Å². The first-order valence-corrected chi connectivity index (χ1v) is 6.21. The highest BCUT2D eigenvalue weighted by atomic mass is 32.2. The normalized spacial score (nSPS) is 10.9. The number of aromatic amines is 1. The van der Waals surface area contributed by atoms with E-state index in [0.29, 0.717) is 5.69 Å². The van der Waals surface area contributed by atoms with Crippen LogP contribution in [0.15, 0.2) is 52.5 Å². The molecule has 2 aromatic carbocycles. The van der Waals surface area contributed by atoms with Gasteiger partial charge in [-0.05, 0) is 42.5 Å². The van der Waals surface area contributed by atoms with E-state index in [1.54, 1.807) is 12.1 Å². The number of hydrogen-bond donors (Lipinski definition) is 2. The van der Waals surface area contributed by atoms with Gasteiger partial charge in [0.2, 0.25) is 0 Å². The average Bonchev–Trinajstić information content (AvgIpc) is 2.73. The van der Waals surface area contributed by atoms with E-state index in [9.17, 15) is 4.39 Å². The second-order valence-electron chi connectivity index (χ2n) is 3.87. The van der Waals surface area contributed by atoms with Gasteiger partial charge < -0.3 is 10.7 Å². The number of nitrogens with one attached hydrogen (secondary N) is 1. The first-order valence-electron chi connectivity index (χ1n) is 5.39. The maximum Gasteiger partial charge on any atom is 0.171 e. The molecule has 0 bridgehead atoms. The number of nitrogens with two attached hydrogens (primary N) is 1. The van der Waals surface area contributed by atoms with Gasteiger partial charge >= 0.3 is 0 Å². The van der Waals surface area contributed by atoms with Crippen LogP contribution in [0.25, 0.3) is 11.0 Å². The average molecular weight is 259 g/mol. The molecule has 0 aliphatic carbocycles. The molecule has 0 saturated heterocycles. The van der Waals surface area contributed by atoms with E-state index in [0.717, 1.165) is 21.1 Å². The number of H-pyrrole nitrogens is 1. The van der Waals surface area contributed by atoms with Crippen LogP contribution in [0.2, 0.25) is 0 Å². The Morgan fingerprint density at radius 2 is 1.89 bits per heavy atom. The number of fused-ring (bicyclic) bond motifs is 1. The Bertz CT molecular complexity index is 691. The summed E-state index contributed by atoms with van der Waals surface area (Å²) in [6.07, 6.45) is 0. The fourth-order valence-corrected chi connectivity index (χ4v) is 2.47. The zero-order valence-electron chi connectivity index (χ0n) is 9.35. The summed E-state index contributed by atoms with van der Waals surface area (Å²) in [6, 6.07) is 11.8. The van der Waals surface area contributed by atoms with E-state index in [-0.39, 0.29) is 5.82 Å². The number of imidazole rings is 1. The Hall–Kier alpha value is -2.01. The highest BCUT2D eigenvalue weighted by molar-refractivity contribution is 7.99. The van der Waals surface area contributed by atoms with Crippen molar-refractivity contribution in [1.82, 2.24) is 9.97 Å². The van der Waals surface area contributed by atoms with Gasteiger partial charge in [-0.25, -0.2) is 9.37 Å². The Labute approximate surface area is 107 Å². The van der Waals surface area contributed by atoms with Crippen molar-refractivity contribution in [2.45, 2.75) is 10.1 Å². The van der Waals surface area contributed by atoms with Gasteiger partial charge in [-0.2, -0.15) is 0 Å². The van der Waals surface area contributed by atoms with Crippen molar-refractivity contribution in [3.05, 3.63) is 48.3 Å². The largest absolute Gasteiger partial charge is 0.399 e. The number of aromatic nitrogens is 2. The fraction of sp³-hybridized carbons (Fsp3) is 0. The lowest BCUT2D eigenvalue weighted by Crippen LogP contribution is -1.82. The zero-order chi connectivity index (χ0) is 12.5. The van der Waals surface area contributed by atoms with Crippen molar-refractivity contribution in [2.75, 3.05) is 5.73 Å². The number of nitrogens with zero attached hydrogens (tertiary/aromatic N) is 1. The molecule has 1 aromatic heterocycles. The molecule has 90 valence electrons. The van der Waals surface area contributed by atoms with Crippen molar-refractivity contribution in [3.8, 4) is 0 Å². The lowest BCUT2D eigenvalue weighted by molar-refractivity contribution is 0.626. The van der Waals surface area contributed by atoms with Gasteiger partial charge in [-0.3, -0.25) is 0 Å². The van der Waals surface area contributed by atoms with Gasteiger partial charge in [0.25, 0.3) is 0 Å². The zero-order valence-corrected chi connectivity index (χ0v) is 10.2. The van der Waals surface area contributed by atoms with Crippen molar-refractivity contribution < 1.29 is 4.39 Å². The predicted molar refractivity (Wildman–Crippen MR) is 71.0 cm³/mol. The highest BCUT2D eigenvalue weighted by Crippen LogP contribution is 2.27. The number of benzene rings is 2. The second-order valence-corrected chi connectivity index (χ2v) is 4.94. The summed E-state index contributed by atoms with van der Waals surface area (Å²) in [7, 11) is 0. The number of hydrogen-bond acceptors (Lipinski definition) is 3. The van der Waals surface area contributed by atoms with Crippen molar-refractivity contribution >= 4 is 28.5 Å². The molecule has 0 radical (unpaired) electrons. The number of halogens is 1. The third kappa shape index (κ3) is 2.17. The maximum absolute atomic E-state index is 12.8. The molecule has 0 atom stereocenters. The SMILES string of the molecule is Nc1ccc2nc(Sc3ccc(F)cc3)[nH]c2c1. The van der Waals surface area contributed by atoms with Gasteiger partial charge in [-0.1, -0.05) is 11.8 Å². The van der Waals surface area contributed by atoms with Crippen molar-refractivity contribution in [3.63, 3.8) is 0 Å². The molecule has 0 fully saturated rings. The van der Waals surface area contributed by atoms with E-state index in [1.165, 1.54) is 23.9 Å². The van der Waals surface area contributed by atoms with E-state index in [4.69, 9.17) is 5.73 Å². The van der Waals surface area contributed by atoms with E-state index in [2.05, 4.69) is 9.97 Å². The molecule has 0 aliphatic heterocycles. The van der Waals surface area contributed by atoms with Crippen molar-refractivity contribution in [1.29, 1.82) is 0 Å². The van der Waals surface area contributed by atoms with Gasteiger partial charge in [0, 0.05) is 10.6 Å². The quantitative estimate of drug-likeness (QED) is 0.693. The molecular formula is C13H10FN3S. The van der Waals surface area contributed by atoms with Crippen LogP contribution in [-0.4, -0.2) is 9.97 Å². The molecule has 0 unspecified atom stereocenters. The van der Waals surface area contributed by atoms with Gasteiger partial charge in [0.1, 0.15) is 5.82 Å². The third-order valence-corrected chi connectivity index (χ3v) is 3.41. The minimum atomic E-state index is -0.239. The molecule has 18 heavy (non-hydrogen) atoms. The van der Waals surface area contributed by atoms with Gasteiger partial charge in [0.15, 0.2) is 5.16 Å². The van der Waals surface area contributed by atoms with Crippen LogP contribution in [0.5, 0.6) is 0 Å². The minimum Gasteiger partial charge on any atom is -0.399 e. The number of rotatable bonds is 2. The Morgan fingerprint density at radius 3 is 2.67 bits per heavy atom. The topological polar surface area (TPSA) is 54.7 Å². The van der Waals surface area contributed by atoms with E-state index < -0.39 is 0 Å². The Kier molecular flexibility index (Phi) is 2.68. The molecular weight excluding hydrogens is 249 g/mol. The van der Waals surface area contributed by atoms with Crippen LogP contribution in [-0.2, 0) is 0 Å². The van der Waals surface area contributed by atoms with E-state index >= 15 is 0 Å². The third-order valence-electron chi connectivity index (χ3n) is 2.51.